The lowest BCUT2D eigenvalue weighted by atomic mass is 9.48. The molecule has 12 heteroatoms. The number of anilines is 2. The number of rotatable bonds is 7. The molecule has 4 saturated carbocycles. The van der Waals surface area contributed by atoms with Gasteiger partial charge in [-0.2, -0.15) is 0 Å². The fourth-order valence-electron chi connectivity index (χ4n) is 8.92. The van der Waals surface area contributed by atoms with Crippen molar-refractivity contribution in [1.29, 1.82) is 0 Å². The number of ketones is 1. The minimum absolute atomic E-state index is 0.0559. The van der Waals surface area contributed by atoms with Crippen LogP contribution in [-0.4, -0.2) is 56.8 Å². The molecular weight excluding hydrogens is 611 g/mol. The minimum atomic E-state index is -1.45. The van der Waals surface area contributed by atoms with Crippen molar-refractivity contribution in [2.45, 2.75) is 51.6 Å². The van der Waals surface area contributed by atoms with Crippen molar-refractivity contribution in [1.82, 2.24) is 25.9 Å². The SMILES string of the molecule is Cc1cccc2c1N(CC(=O)C13CC4CC(CC(C4)C1)C3)C(=O)[C@H](NC(=O)Nc1cccc(-c3nnn[nH]3)c1)N=C2c1ccccc1F. The zero-order valence-corrected chi connectivity index (χ0v) is 26.4. The van der Waals surface area contributed by atoms with E-state index >= 15 is 4.39 Å². The highest BCUT2D eigenvalue weighted by Crippen LogP contribution is 2.60. The van der Waals surface area contributed by atoms with Crippen LogP contribution in [0.4, 0.5) is 20.6 Å². The van der Waals surface area contributed by atoms with Gasteiger partial charge in [0.2, 0.25) is 6.17 Å². The van der Waals surface area contributed by atoms with E-state index in [2.05, 4.69) is 31.3 Å². The molecule has 0 radical (unpaired) electrons. The average Bonchev–Trinajstić information content (AvgIpc) is 3.57. The largest absolute Gasteiger partial charge is 0.321 e. The number of fused-ring (bicyclic) bond motifs is 1. The molecule has 3 amide bonds. The second-order valence-electron chi connectivity index (χ2n) is 13.8. The maximum atomic E-state index is 15.4. The molecule has 4 fully saturated rings. The van der Waals surface area contributed by atoms with Gasteiger partial charge in [-0.25, -0.2) is 19.3 Å². The lowest BCUT2D eigenvalue weighted by molar-refractivity contribution is -0.143. The Morgan fingerprint density at radius 2 is 1.67 bits per heavy atom. The molecule has 0 spiro atoms. The first kappa shape index (κ1) is 30.1. The van der Waals surface area contributed by atoms with Crippen molar-refractivity contribution in [2.24, 2.45) is 28.2 Å². The third-order valence-electron chi connectivity index (χ3n) is 10.6. The number of carbonyl (C=O) groups excluding carboxylic acids is 3. The Morgan fingerprint density at radius 3 is 2.38 bits per heavy atom. The van der Waals surface area contributed by atoms with E-state index in [1.165, 1.54) is 30.2 Å². The molecule has 5 aliphatic rings. The van der Waals surface area contributed by atoms with Gasteiger partial charge >= 0.3 is 6.03 Å². The minimum Gasteiger partial charge on any atom is -0.308 e. The van der Waals surface area contributed by atoms with Gasteiger partial charge in [-0.1, -0.05) is 42.5 Å². The first-order chi connectivity index (χ1) is 23.3. The number of urea groups is 1. The molecule has 3 N–H and O–H groups in total. The number of carbonyl (C=O) groups is 3. The van der Waals surface area contributed by atoms with Crippen LogP contribution in [0.1, 0.15) is 55.2 Å². The second-order valence-corrected chi connectivity index (χ2v) is 13.8. The Kier molecular flexibility index (Phi) is 7.38. The highest BCUT2D eigenvalue weighted by atomic mass is 19.1. The first-order valence-electron chi connectivity index (χ1n) is 16.5. The lowest BCUT2D eigenvalue weighted by Crippen LogP contribution is -2.55. The summed E-state index contributed by atoms with van der Waals surface area (Å²) in [6.07, 6.45) is 4.72. The molecule has 1 atom stereocenters. The topological polar surface area (TPSA) is 145 Å². The highest BCUT2D eigenvalue weighted by Gasteiger charge is 2.55. The standard InChI is InChI=1S/C36H35FN8O3/c1-20-6-4-10-27-30(26-9-2-3-11-28(26)37)39-33(40-35(48)38-25-8-5-7-24(15-25)32-41-43-44-42-32)34(47)45(31(20)27)19-29(46)36-16-21-12-22(17-36)14-23(13-21)18-36/h2-11,15,21-23,33H,12-14,16-19H2,1H3,(H2,38,40,48)(H,41,42,43,44)/t21?,22?,23?,33-,36?/m0/s1. The summed E-state index contributed by atoms with van der Waals surface area (Å²) in [5.74, 6) is 1.07. The number of aliphatic imine (C=N–C) groups is 1. The number of aryl methyl sites for hydroxylation is 1. The molecule has 3 aromatic carbocycles. The zero-order valence-electron chi connectivity index (χ0n) is 26.4. The molecule has 2 heterocycles. The quantitative estimate of drug-likeness (QED) is 0.244. The number of nitrogens with zero attached hydrogens (tertiary/aromatic N) is 5. The summed E-state index contributed by atoms with van der Waals surface area (Å²) >= 11 is 0. The van der Waals surface area contributed by atoms with Gasteiger partial charge in [0.15, 0.2) is 11.6 Å². The van der Waals surface area contributed by atoms with Gasteiger partial charge < -0.3 is 15.5 Å². The van der Waals surface area contributed by atoms with Crippen LogP contribution in [-0.2, 0) is 9.59 Å². The lowest BCUT2D eigenvalue weighted by Gasteiger charge is -2.56. The predicted molar refractivity (Wildman–Crippen MR) is 177 cm³/mol. The van der Waals surface area contributed by atoms with E-state index in [1.54, 1.807) is 48.5 Å². The van der Waals surface area contributed by atoms with Crippen molar-refractivity contribution in [3.63, 3.8) is 0 Å². The van der Waals surface area contributed by atoms with Gasteiger partial charge in [0.05, 0.1) is 17.9 Å². The van der Waals surface area contributed by atoms with Crippen molar-refractivity contribution in [3.05, 3.63) is 89.2 Å². The Hall–Kier alpha value is -5.26. The van der Waals surface area contributed by atoms with Crippen molar-refractivity contribution < 1.29 is 18.8 Å². The number of Topliss-reactive ketones (excluding diaryl/α,β-unsaturated/α-hetero) is 1. The van der Waals surface area contributed by atoms with Crippen LogP contribution < -0.4 is 15.5 Å². The maximum Gasteiger partial charge on any atom is 0.321 e. The molecule has 1 aromatic heterocycles. The van der Waals surface area contributed by atoms with E-state index in [9.17, 15) is 14.4 Å². The summed E-state index contributed by atoms with van der Waals surface area (Å²) in [4.78, 5) is 48.7. The number of benzodiazepines with no additional fused rings is 1. The molecule has 4 aromatic rings. The van der Waals surface area contributed by atoms with Crippen LogP contribution in [0, 0.1) is 35.9 Å². The van der Waals surface area contributed by atoms with E-state index < -0.39 is 29.3 Å². The molecule has 0 saturated heterocycles. The summed E-state index contributed by atoms with van der Waals surface area (Å²) in [5.41, 5.74) is 2.79. The Bertz CT molecular complexity index is 1920. The van der Waals surface area contributed by atoms with Gasteiger partial charge in [-0.3, -0.25) is 9.59 Å². The maximum absolute atomic E-state index is 15.4. The van der Waals surface area contributed by atoms with Crippen molar-refractivity contribution in [3.8, 4) is 11.4 Å². The van der Waals surface area contributed by atoms with Crippen LogP contribution >= 0.6 is 0 Å². The average molecular weight is 647 g/mol. The third kappa shape index (κ3) is 5.34. The smallest absolute Gasteiger partial charge is 0.308 e. The van der Waals surface area contributed by atoms with E-state index in [0.717, 1.165) is 24.8 Å². The number of nitrogens with one attached hydrogen (secondary N) is 3. The van der Waals surface area contributed by atoms with Gasteiger partial charge in [0, 0.05) is 27.8 Å². The number of H-pyrrole nitrogens is 1. The number of aromatic amines is 1. The number of benzene rings is 3. The molecule has 11 nitrogen and oxygen atoms in total. The van der Waals surface area contributed by atoms with Crippen molar-refractivity contribution in [2.75, 3.05) is 16.8 Å². The van der Waals surface area contributed by atoms with E-state index in [0.29, 0.717) is 46.1 Å². The number of aromatic nitrogens is 4. The Balaban J connectivity index is 1.15. The summed E-state index contributed by atoms with van der Waals surface area (Å²) < 4.78 is 15.4. The molecule has 244 valence electrons. The molecule has 48 heavy (non-hydrogen) atoms. The summed E-state index contributed by atoms with van der Waals surface area (Å²) in [6.45, 7) is 1.72. The summed E-state index contributed by atoms with van der Waals surface area (Å²) in [7, 11) is 0. The molecule has 1 aliphatic heterocycles. The molecule has 4 bridgehead atoms. The van der Waals surface area contributed by atoms with Crippen LogP contribution in [0.3, 0.4) is 0 Å². The van der Waals surface area contributed by atoms with Gasteiger partial charge in [-0.15, -0.1) is 5.10 Å². The molecule has 0 unspecified atom stereocenters. The number of hydrogen-bond acceptors (Lipinski definition) is 7. The van der Waals surface area contributed by atoms with Crippen molar-refractivity contribution >= 4 is 34.8 Å². The monoisotopic (exact) mass is 646 g/mol. The third-order valence-corrected chi connectivity index (χ3v) is 10.6. The summed E-state index contributed by atoms with van der Waals surface area (Å²) in [5, 5.41) is 19.3. The van der Waals surface area contributed by atoms with E-state index in [1.807, 2.05) is 19.1 Å². The zero-order chi connectivity index (χ0) is 33.0. The number of halogens is 1. The van der Waals surface area contributed by atoms with E-state index in [-0.39, 0.29) is 23.6 Å². The van der Waals surface area contributed by atoms with E-state index in [4.69, 9.17) is 4.99 Å². The first-order valence-corrected chi connectivity index (χ1v) is 16.5. The summed E-state index contributed by atoms with van der Waals surface area (Å²) in [6, 6.07) is 17.9. The molecule has 9 rings (SSSR count). The van der Waals surface area contributed by atoms with Gasteiger partial charge in [0.1, 0.15) is 5.82 Å². The fraction of sp³-hybridized carbons (Fsp3) is 0.361. The Morgan fingerprint density at radius 1 is 0.958 bits per heavy atom. The van der Waals surface area contributed by atoms with Crippen LogP contribution in [0.5, 0.6) is 0 Å². The number of amides is 3. The Labute approximate surface area is 276 Å². The number of para-hydroxylation sites is 1. The normalized spacial score (nSPS) is 25.7. The van der Waals surface area contributed by atoms with Gasteiger partial charge in [-0.05, 0) is 103 Å². The predicted octanol–water partition coefficient (Wildman–Crippen LogP) is 5.43. The molecule has 4 aliphatic carbocycles. The second kappa shape index (κ2) is 11.8. The molecular formula is C36H35FN8O3. The van der Waals surface area contributed by atoms with Gasteiger partial charge in [0.25, 0.3) is 5.91 Å². The number of hydrogen-bond donors (Lipinski definition) is 3. The van der Waals surface area contributed by atoms with Crippen LogP contribution in [0.25, 0.3) is 11.4 Å². The highest BCUT2D eigenvalue weighted by molar-refractivity contribution is 6.21. The number of tetrazole rings is 1. The fourth-order valence-corrected chi connectivity index (χ4v) is 8.92. The van der Waals surface area contributed by atoms with Crippen LogP contribution in [0.15, 0.2) is 71.7 Å². The van der Waals surface area contributed by atoms with Crippen LogP contribution in [0.2, 0.25) is 0 Å².